The van der Waals surface area contributed by atoms with Crippen LogP contribution in [0.1, 0.15) is 10.4 Å². The minimum atomic E-state index is -0.430. The quantitative estimate of drug-likeness (QED) is 0.457. The number of piperazine rings is 1. The second kappa shape index (κ2) is 5.14. The van der Waals surface area contributed by atoms with Crippen molar-refractivity contribution in [2.75, 3.05) is 38.1 Å². The zero-order valence-electron chi connectivity index (χ0n) is 10.2. The van der Waals surface area contributed by atoms with E-state index in [-0.39, 0.29) is 5.69 Å². The lowest BCUT2D eigenvalue weighted by atomic mass is 10.1. The van der Waals surface area contributed by atoms with E-state index in [4.69, 9.17) is 0 Å². The SMILES string of the molecule is CN1CCN(c2ccc(C=O)cc2[N+](=O)[O-])CC1. The normalized spacial score (nSPS) is 16.6. The fraction of sp³-hybridized carbons (Fsp3) is 0.417. The van der Waals surface area contributed by atoms with Gasteiger partial charge in [-0.3, -0.25) is 14.9 Å². The molecular weight excluding hydrogens is 234 g/mol. The molecular formula is C12H15N3O3. The van der Waals surface area contributed by atoms with Gasteiger partial charge in [-0.25, -0.2) is 0 Å². The van der Waals surface area contributed by atoms with E-state index in [1.807, 2.05) is 11.9 Å². The van der Waals surface area contributed by atoms with Gasteiger partial charge in [0.05, 0.1) is 4.92 Å². The Labute approximate surface area is 105 Å². The lowest BCUT2D eigenvalue weighted by Crippen LogP contribution is -2.44. The van der Waals surface area contributed by atoms with Crippen LogP contribution in [0, 0.1) is 10.1 Å². The van der Waals surface area contributed by atoms with E-state index < -0.39 is 4.92 Å². The summed E-state index contributed by atoms with van der Waals surface area (Å²) >= 11 is 0. The highest BCUT2D eigenvalue weighted by Gasteiger charge is 2.22. The maximum atomic E-state index is 11.0. The molecule has 0 amide bonds. The van der Waals surface area contributed by atoms with Gasteiger partial charge in [-0.05, 0) is 19.2 Å². The lowest BCUT2D eigenvalue weighted by molar-refractivity contribution is -0.384. The second-order valence-corrected chi connectivity index (χ2v) is 4.41. The summed E-state index contributed by atoms with van der Waals surface area (Å²) in [5.74, 6) is 0. The van der Waals surface area contributed by atoms with E-state index in [0.29, 0.717) is 17.5 Å². The van der Waals surface area contributed by atoms with Crippen molar-refractivity contribution in [1.29, 1.82) is 0 Å². The Balaban J connectivity index is 2.31. The van der Waals surface area contributed by atoms with E-state index in [1.165, 1.54) is 6.07 Å². The first-order chi connectivity index (χ1) is 8.61. The van der Waals surface area contributed by atoms with Crippen LogP contribution >= 0.6 is 0 Å². The predicted molar refractivity (Wildman–Crippen MR) is 68.2 cm³/mol. The first-order valence-electron chi connectivity index (χ1n) is 5.79. The number of likely N-dealkylation sites (N-methyl/N-ethyl adjacent to an activating group) is 1. The molecule has 0 spiro atoms. The summed E-state index contributed by atoms with van der Waals surface area (Å²) in [6, 6.07) is 4.61. The fourth-order valence-electron chi connectivity index (χ4n) is 2.07. The third kappa shape index (κ3) is 2.48. The second-order valence-electron chi connectivity index (χ2n) is 4.41. The van der Waals surface area contributed by atoms with Gasteiger partial charge in [0.2, 0.25) is 0 Å². The van der Waals surface area contributed by atoms with Crippen molar-refractivity contribution in [2.24, 2.45) is 0 Å². The number of hydrogen-bond donors (Lipinski definition) is 0. The Hall–Kier alpha value is -1.95. The fourth-order valence-corrected chi connectivity index (χ4v) is 2.07. The Kier molecular flexibility index (Phi) is 3.57. The van der Waals surface area contributed by atoms with Gasteiger partial charge in [0, 0.05) is 37.8 Å². The van der Waals surface area contributed by atoms with Crippen molar-refractivity contribution >= 4 is 17.7 Å². The molecule has 1 aromatic rings. The number of nitro groups is 1. The molecule has 0 unspecified atom stereocenters. The van der Waals surface area contributed by atoms with E-state index in [1.54, 1.807) is 12.1 Å². The van der Waals surface area contributed by atoms with Crippen molar-refractivity contribution in [3.05, 3.63) is 33.9 Å². The predicted octanol–water partition coefficient (Wildman–Crippen LogP) is 1.16. The Morgan fingerprint density at radius 2 is 1.94 bits per heavy atom. The van der Waals surface area contributed by atoms with Crippen LogP contribution in [0.2, 0.25) is 0 Å². The lowest BCUT2D eigenvalue weighted by Gasteiger charge is -2.33. The van der Waals surface area contributed by atoms with Gasteiger partial charge in [-0.1, -0.05) is 0 Å². The Bertz CT molecular complexity index is 468. The van der Waals surface area contributed by atoms with Gasteiger partial charge in [0.1, 0.15) is 12.0 Å². The zero-order chi connectivity index (χ0) is 13.1. The summed E-state index contributed by atoms with van der Waals surface area (Å²) in [4.78, 5) is 25.5. The van der Waals surface area contributed by atoms with Gasteiger partial charge in [-0.15, -0.1) is 0 Å². The minimum Gasteiger partial charge on any atom is -0.363 e. The molecule has 96 valence electrons. The number of nitro benzene ring substituents is 1. The van der Waals surface area contributed by atoms with Crippen LogP contribution in [0.15, 0.2) is 18.2 Å². The maximum absolute atomic E-state index is 11.0. The van der Waals surface area contributed by atoms with E-state index >= 15 is 0 Å². The van der Waals surface area contributed by atoms with Crippen molar-refractivity contribution in [3.8, 4) is 0 Å². The number of hydrogen-bond acceptors (Lipinski definition) is 5. The topological polar surface area (TPSA) is 66.7 Å². The smallest absolute Gasteiger partial charge is 0.293 e. The summed E-state index contributed by atoms with van der Waals surface area (Å²) in [7, 11) is 2.03. The number of nitrogens with zero attached hydrogens (tertiary/aromatic N) is 3. The first-order valence-corrected chi connectivity index (χ1v) is 5.79. The van der Waals surface area contributed by atoms with Crippen molar-refractivity contribution in [3.63, 3.8) is 0 Å². The molecule has 1 aromatic carbocycles. The van der Waals surface area contributed by atoms with E-state index in [0.717, 1.165) is 26.2 Å². The van der Waals surface area contributed by atoms with Crippen molar-refractivity contribution in [1.82, 2.24) is 4.90 Å². The number of benzene rings is 1. The van der Waals surface area contributed by atoms with Gasteiger partial charge in [0.25, 0.3) is 5.69 Å². The maximum Gasteiger partial charge on any atom is 0.293 e. The number of rotatable bonds is 3. The van der Waals surface area contributed by atoms with Gasteiger partial charge in [-0.2, -0.15) is 0 Å². The molecule has 0 aliphatic carbocycles. The molecule has 2 rings (SSSR count). The summed E-state index contributed by atoms with van der Waals surface area (Å²) in [5.41, 5.74) is 0.933. The molecule has 1 aliphatic rings. The summed E-state index contributed by atoms with van der Waals surface area (Å²) < 4.78 is 0. The molecule has 1 fully saturated rings. The van der Waals surface area contributed by atoms with E-state index in [9.17, 15) is 14.9 Å². The Morgan fingerprint density at radius 3 is 2.50 bits per heavy atom. The third-order valence-corrected chi connectivity index (χ3v) is 3.18. The number of anilines is 1. The molecule has 0 aromatic heterocycles. The molecule has 1 saturated heterocycles. The highest BCUT2D eigenvalue weighted by molar-refractivity contribution is 5.79. The summed E-state index contributed by atoms with van der Waals surface area (Å²) in [6.45, 7) is 3.29. The van der Waals surface area contributed by atoms with Crippen LogP contribution in [0.25, 0.3) is 0 Å². The average Bonchev–Trinajstić information content (AvgIpc) is 2.39. The van der Waals surface area contributed by atoms with Gasteiger partial charge >= 0.3 is 0 Å². The minimum absolute atomic E-state index is 0.00385. The molecule has 1 heterocycles. The largest absolute Gasteiger partial charge is 0.363 e. The van der Waals surface area contributed by atoms with Crippen molar-refractivity contribution in [2.45, 2.75) is 0 Å². The molecule has 6 nitrogen and oxygen atoms in total. The van der Waals surface area contributed by atoms with Crippen LogP contribution in [-0.4, -0.2) is 49.3 Å². The first kappa shape index (κ1) is 12.5. The summed E-state index contributed by atoms with van der Waals surface area (Å²) in [6.07, 6.45) is 0.626. The highest BCUT2D eigenvalue weighted by atomic mass is 16.6. The highest BCUT2D eigenvalue weighted by Crippen LogP contribution is 2.29. The molecule has 18 heavy (non-hydrogen) atoms. The standard InChI is InChI=1S/C12H15N3O3/c1-13-4-6-14(7-5-13)11-3-2-10(9-16)8-12(11)15(17)18/h2-3,8-9H,4-7H2,1H3. The molecule has 0 atom stereocenters. The molecule has 6 heteroatoms. The number of carbonyl (C=O) groups excluding carboxylic acids is 1. The molecule has 0 N–H and O–H groups in total. The van der Waals surface area contributed by atoms with Crippen LogP contribution in [0.4, 0.5) is 11.4 Å². The van der Waals surface area contributed by atoms with Crippen LogP contribution < -0.4 is 4.90 Å². The molecule has 0 saturated carbocycles. The van der Waals surface area contributed by atoms with Crippen LogP contribution in [0.3, 0.4) is 0 Å². The van der Waals surface area contributed by atoms with Crippen LogP contribution in [-0.2, 0) is 0 Å². The third-order valence-electron chi connectivity index (χ3n) is 3.18. The number of aldehydes is 1. The molecule has 1 aliphatic heterocycles. The summed E-state index contributed by atoms with van der Waals surface area (Å²) in [5, 5.41) is 11.0. The van der Waals surface area contributed by atoms with E-state index in [2.05, 4.69) is 4.90 Å². The molecule has 0 bridgehead atoms. The zero-order valence-corrected chi connectivity index (χ0v) is 10.2. The van der Waals surface area contributed by atoms with Crippen molar-refractivity contribution < 1.29 is 9.72 Å². The number of carbonyl (C=O) groups is 1. The monoisotopic (exact) mass is 249 g/mol. The van der Waals surface area contributed by atoms with Gasteiger partial charge < -0.3 is 9.80 Å². The van der Waals surface area contributed by atoms with Gasteiger partial charge in [0.15, 0.2) is 0 Å². The average molecular weight is 249 g/mol. The Morgan fingerprint density at radius 1 is 1.28 bits per heavy atom. The van der Waals surface area contributed by atoms with Crippen LogP contribution in [0.5, 0.6) is 0 Å². The molecule has 0 radical (unpaired) electrons.